The van der Waals surface area contributed by atoms with Crippen molar-refractivity contribution in [2.24, 2.45) is 0 Å². The van der Waals surface area contributed by atoms with Gasteiger partial charge in [0.1, 0.15) is 5.75 Å². The molecule has 3 heterocycles. The Balaban J connectivity index is 2.05. The summed E-state index contributed by atoms with van der Waals surface area (Å²) in [5, 5.41) is 8.36. The van der Waals surface area contributed by atoms with E-state index >= 15 is 0 Å². The van der Waals surface area contributed by atoms with E-state index in [4.69, 9.17) is 16.3 Å². The van der Waals surface area contributed by atoms with Gasteiger partial charge in [-0.1, -0.05) is 23.7 Å². The predicted molar refractivity (Wildman–Crippen MR) is 94.3 cm³/mol. The quantitative estimate of drug-likeness (QED) is 0.444. The molecule has 2 aromatic carbocycles. The average Bonchev–Trinajstić information content (AvgIpc) is 3.07. The molecule has 0 spiro atoms. The number of halogens is 4. The zero-order valence-corrected chi connectivity index (χ0v) is 14.1. The number of aromatic nitrogens is 2. The molecule has 1 aliphatic rings. The lowest BCUT2D eigenvalue weighted by atomic mass is 10.0. The minimum absolute atomic E-state index is 0.121. The topological polar surface area (TPSA) is 55.6 Å². The summed E-state index contributed by atoms with van der Waals surface area (Å²) in [5.41, 5.74) is -0.0477. The second-order valence-corrected chi connectivity index (χ2v) is 6.57. The molecule has 5 rings (SSSR count). The molecule has 4 aromatic rings. The third-order valence-corrected chi connectivity index (χ3v) is 4.84. The smallest absolute Gasteiger partial charge is 0.435 e. The summed E-state index contributed by atoms with van der Waals surface area (Å²) < 4.78 is 46.4. The van der Waals surface area contributed by atoms with Gasteiger partial charge in [-0.3, -0.25) is 4.79 Å². The van der Waals surface area contributed by atoms with Gasteiger partial charge in [-0.05, 0) is 24.3 Å². The molecule has 0 saturated carbocycles. The third kappa shape index (κ3) is 2.26. The first kappa shape index (κ1) is 16.2. The predicted octanol–water partition coefficient (Wildman–Crippen LogP) is 4.64. The highest BCUT2D eigenvalue weighted by atomic mass is 35.5. The van der Waals surface area contributed by atoms with Crippen LogP contribution in [0.1, 0.15) is 5.69 Å². The number of anilines is 1. The minimum atomic E-state index is -4.60. The van der Waals surface area contributed by atoms with E-state index in [1.165, 1.54) is 4.52 Å². The van der Waals surface area contributed by atoms with Gasteiger partial charge in [0.2, 0.25) is 0 Å². The van der Waals surface area contributed by atoms with Crippen LogP contribution in [-0.4, -0.2) is 22.1 Å². The van der Waals surface area contributed by atoms with Gasteiger partial charge in [-0.25, -0.2) is 4.52 Å². The Morgan fingerprint density at radius 3 is 2.78 bits per heavy atom. The number of rotatable bonds is 0. The van der Waals surface area contributed by atoms with E-state index in [1.54, 1.807) is 30.3 Å². The maximum absolute atomic E-state index is 13.3. The van der Waals surface area contributed by atoms with Gasteiger partial charge in [0, 0.05) is 16.2 Å². The van der Waals surface area contributed by atoms with Crippen LogP contribution in [0.3, 0.4) is 0 Å². The molecule has 0 radical (unpaired) electrons. The molecule has 136 valence electrons. The molecule has 0 fully saturated rings. The molecular formula is C18H9ClF3N3O2. The number of carbonyl (C=O) groups excluding carboxylic acids is 1. The number of hydrogen-bond acceptors (Lipinski definition) is 3. The van der Waals surface area contributed by atoms with Crippen molar-refractivity contribution in [3.05, 3.63) is 47.1 Å². The number of nitrogens with zero attached hydrogens (tertiary/aromatic N) is 2. The number of para-hydroxylation sites is 1. The summed E-state index contributed by atoms with van der Waals surface area (Å²) in [5.74, 6) is 0.109. The summed E-state index contributed by atoms with van der Waals surface area (Å²) in [6.45, 7) is -0.121. The van der Waals surface area contributed by atoms with E-state index in [2.05, 4.69) is 10.4 Å². The summed E-state index contributed by atoms with van der Waals surface area (Å²) in [4.78, 5) is 11.8. The van der Waals surface area contributed by atoms with Crippen LogP contribution in [0.4, 0.5) is 18.9 Å². The number of fused-ring (bicyclic) bond motifs is 8. The van der Waals surface area contributed by atoms with Gasteiger partial charge in [0.15, 0.2) is 12.3 Å². The normalized spacial score (nSPS) is 14.4. The number of amides is 1. The van der Waals surface area contributed by atoms with Crippen molar-refractivity contribution in [1.82, 2.24) is 9.61 Å². The Morgan fingerprint density at radius 2 is 2.00 bits per heavy atom. The molecule has 2 aromatic heterocycles. The fraction of sp³-hybridized carbons (Fsp3) is 0.111. The van der Waals surface area contributed by atoms with Crippen LogP contribution < -0.4 is 10.1 Å². The second kappa shape index (κ2) is 5.26. The average molecular weight is 392 g/mol. The first-order chi connectivity index (χ1) is 12.8. The van der Waals surface area contributed by atoms with Crippen molar-refractivity contribution in [1.29, 1.82) is 0 Å². The van der Waals surface area contributed by atoms with Gasteiger partial charge >= 0.3 is 6.18 Å². The monoisotopic (exact) mass is 391 g/mol. The van der Waals surface area contributed by atoms with Gasteiger partial charge in [-0.2, -0.15) is 18.3 Å². The molecule has 0 atom stereocenters. The minimum Gasteiger partial charge on any atom is -0.482 e. The summed E-state index contributed by atoms with van der Waals surface area (Å²) >= 11 is 6.31. The van der Waals surface area contributed by atoms with Crippen LogP contribution in [-0.2, 0) is 11.0 Å². The molecule has 0 bridgehead atoms. The van der Waals surface area contributed by atoms with Crippen molar-refractivity contribution in [3.63, 3.8) is 0 Å². The van der Waals surface area contributed by atoms with Gasteiger partial charge in [0.05, 0.1) is 21.7 Å². The van der Waals surface area contributed by atoms with Gasteiger partial charge < -0.3 is 10.1 Å². The summed E-state index contributed by atoms with van der Waals surface area (Å²) in [6, 6.07) is 9.24. The highest BCUT2D eigenvalue weighted by Gasteiger charge is 2.35. The Labute approximate surface area is 154 Å². The number of pyridine rings is 1. The zero-order valence-electron chi connectivity index (χ0n) is 13.4. The molecule has 1 aliphatic heterocycles. The van der Waals surface area contributed by atoms with Gasteiger partial charge in [-0.15, -0.1) is 0 Å². The summed E-state index contributed by atoms with van der Waals surface area (Å²) in [6.07, 6.45) is -4.60. The zero-order chi connectivity index (χ0) is 18.9. The van der Waals surface area contributed by atoms with Crippen molar-refractivity contribution >= 4 is 50.4 Å². The Morgan fingerprint density at radius 1 is 1.19 bits per heavy atom. The van der Waals surface area contributed by atoms with E-state index in [-0.39, 0.29) is 23.1 Å². The molecule has 27 heavy (non-hydrogen) atoms. The summed E-state index contributed by atoms with van der Waals surface area (Å²) in [7, 11) is 0. The number of benzene rings is 2. The largest absolute Gasteiger partial charge is 0.482 e. The molecular weight excluding hydrogens is 383 g/mol. The molecule has 0 saturated heterocycles. The first-order valence-electron chi connectivity index (χ1n) is 7.91. The SMILES string of the molecule is O=C1COc2ccc3c(c2N1)c1cccc(Cl)c1n1nc(C(F)(F)F)cc31. The maximum Gasteiger partial charge on any atom is 0.435 e. The van der Waals surface area contributed by atoms with Crippen LogP contribution in [0, 0.1) is 0 Å². The van der Waals surface area contributed by atoms with Crippen molar-refractivity contribution in [2.45, 2.75) is 6.18 Å². The van der Waals surface area contributed by atoms with E-state index in [9.17, 15) is 18.0 Å². The van der Waals surface area contributed by atoms with Crippen LogP contribution >= 0.6 is 11.6 Å². The number of nitrogens with one attached hydrogen (secondary N) is 1. The molecule has 0 unspecified atom stereocenters. The second-order valence-electron chi connectivity index (χ2n) is 6.16. The molecule has 0 aliphatic carbocycles. The lowest BCUT2D eigenvalue weighted by Crippen LogP contribution is -2.25. The molecule has 1 amide bonds. The first-order valence-corrected chi connectivity index (χ1v) is 8.29. The van der Waals surface area contributed by atoms with E-state index in [0.717, 1.165) is 6.07 Å². The number of hydrogen-bond donors (Lipinski definition) is 1. The lowest BCUT2D eigenvalue weighted by molar-refractivity contribution is -0.141. The maximum atomic E-state index is 13.3. The van der Waals surface area contributed by atoms with Crippen LogP contribution in [0.2, 0.25) is 5.02 Å². The van der Waals surface area contributed by atoms with Crippen LogP contribution in [0.5, 0.6) is 5.75 Å². The van der Waals surface area contributed by atoms with Crippen molar-refractivity contribution < 1.29 is 22.7 Å². The number of ether oxygens (including phenoxy) is 1. The highest BCUT2D eigenvalue weighted by molar-refractivity contribution is 6.37. The van der Waals surface area contributed by atoms with E-state index in [0.29, 0.717) is 33.1 Å². The van der Waals surface area contributed by atoms with E-state index in [1.807, 2.05) is 0 Å². The van der Waals surface area contributed by atoms with Gasteiger partial charge in [0.25, 0.3) is 5.91 Å². The van der Waals surface area contributed by atoms with Crippen molar-refractivity contribution in [3.8, 4) is 5.75 Å². The lowest BCUT2D eigenvalue weighted by Gasteiger charge is -2.21. The fourth-order valence-corrected chi connectivity index (χ4v) is 3.71. The molecule has 5 nitrogen and oxygen atoms in total. The third-order valence-electron chi connectivity index (χ3n) is 4.53. The molecule has 9 heteroatoms. The Kier molecular flexibility index (Phi) is 3.16. The van der Waals surface area contributed by atoms with E-state index < -0.39 is 11.9 Å². The van der Waals surface area contributed by atoms with Crippen molar-refractivity contribution in [2.75, 3.05) is 11.9 Å². The fourth-order valence-electron chi connectivity index (χ4n) is 3.45. The highest BCUT2D eigenvalue weighted by Crippen LogP contribution is 2.43. The van der Waals surface area contributed by atoms with Crippen LogP contribution in [0.15, 0.2) is 36.4 Å². The number of alkyl halides is 3. The molecule has 1 N–H and O–H groups in total. The Hall–Kier alpha value is -3.00. The standard InChI is InChI=1S/C18H9ClF3N3O2/c19-10-3-1-2-9-15-8(4-5-12-16(15)23-14(26)7-27-12)11-6-13(18(20,21)22)24-25(11)17(9)10/h1-6H,7H2,(H,23,26). The Bertz CT molecular complexity index is 1280. The van der Waals surface area contributed by atoms with Crippen LogP contribution in [0.25, 0.3) is 27.2 Å². The number of carbonyl (C=O) groups is 1.